The van der Waals surface area contributed by atoms with Gasteiger partial charge in [-0.1, -0.05) is 96.4 Å². The summed E-state index contributed by atoms with van der Waals surface area (Å²) in [4.78, 5) is 4.78. The van der Waals surface area contributed by atoms with Gasteiger partial charge in [-0.2, -0.15) is 5.10 Å². The van der Waals surface area contributed by atoms with Crippen molar-refractivity contribution in [3.8, 4) is 11.3 Å². The highest BCUT2D eigenvalue weighted by Gasteiger charge is 2.46. The Labute approximate surface area is 225 Å². The van der Waals surface area contributed by atoms with Crippen molar-refractivity contribution < 1.29 is 0 Å². The van der Waals surface area contributed by atoms with Crippen LogP contribution in [-0.4, -0.2) is 10.7 Å². The topological polar surface area (TPSA) is 49.3 Å². The third kappa shape index (κ3) is 4.57. The van der Waals surface area contributed by atoms with Crippen molar-refractivity contribution in [3.63, 3.8) is 0 Å². The average Bonchev–Trinajstić information content (AvgIpc) is 3.38. The van der Waals surface area contributed by atoms with E-state index in [-0.39, 0.29) is 23.9 Å². The second-order valence-corrected chi connectivity index (χ2v) is 11.0. The van der Waals surface area contributed by atoms with Crippen molar-refractivity contribution >= 4 is 45.4 Å². The molecular formula is C29H26Cl2N4S. The fraction of sp³-hybridized carbons (Fsp3) is 0.241. The van der Waals surface area contributed by atoms with Crippen LogP contribution in [0, 0.1) is 11.8 Å². The highest BCUT2D eigenvalue weighted by atomic mass is 35.5. The number of aromatic nitrogens is 1. The van der Waals surface area contributed by atoms with Gasteiger partial charge < -0.3 is 5.32 Å². The first-order valence-corrected chi connectivity index (χ1v) is 13.9. The molecule has 1 aliphatic carbocycles. The summed E-state index contributed by atoms with van der Waals surface area (Å²) in [7, 11) is 0. The molecule has 2 fully saturated rings. The molecule has 0 spiro atoms. The van der Waals surface area contributed by atoms with Crippen molar-refractivity contribution in [1.29, 1.82) is 0 Å². The molecule has 4 atom stereocenters. The minimum atomic E-state index is 0.0493. The molecule has 2 N–H and O–H groups in total. The summed E-state index contributed by atoms with van der Waals surface area (Å²) in [6, 6.07) is 26.6. The van der Waals surface area contributed by atoms with Gasteiger partial charge in [-0.25, -0.2) is 4.98 Å². The first kappa shape index (κ1) is 23.7. The summed E-state index contributed by atoms with van der Waals surface area (Å²) in [5, 5.41) is 13.4. The number of fused-ring (bicyclic) bond motifs is 2. The van der Waals surface area contributed by atoms with Crippen LogP contribution in [0.25, 0.3) is 11.3 Å². The lowest BCUT2D eigenvalue weighted by atomic mass is 9.67. The monoisotopic (exact) mass is 532 g/mol. The van der Waals surface area contributed by atoms with Gasteiger partial charge in [0.15, 0.2) is 0 Å². The summed E-state index contributed by atoms with van der Waals surface area (Å²) < 4.78 is 0. The SMILES string of the molecule is Clc1ccccc1[C@H]1N[C@@H](c2ccccc2Cl)[C@H]2CCC[C@@H]1C2=NNc1nc(-c2ccccc2)cs1. The summed E-state index contributed by atoms with van der Waals surface area (Å²) in [5.41, 5.74) is 8.75. The van der Waals surface area contributed by atoms with Crippen LogP contribution in [0.2, 0.25) is 10.0 Å². The summed E-state index contributed by atoms with van der Waals surface area (Å²) in [6.45, 7) is 0. The second-order valence-electron chi connectivity index (χ2n) is 9.36. The Kier molecular flexibility index (Phi) is 6.81. The van der Waals surface area contributed by atoms with Crippen LogP contribution in [0.15, 0.2) is 89.3 Å². The number of anilines is 1. The van der Waals surface area contributed by atoms with Crippen LogP contribution >= 0.6 is 34.5 Å². The van der Waals surface area contributed by atoms with Gasteiger partial charge in [0.25, 0.3) is 0 Å². The molecule has 3 aromatic carbocycles. The van der Waals surface area contributed by atoms with E-state index in [1.54, 1.807) is 11.3 Å². The fourth-order valence-electron chi connectivity index (χ4n) is 5.64. The molecule has 2 aliphatic rings. The van der Waals surface area contributed by atoms with E-state index < -0.39 is 0 Å². The summed E-state index contributed by atoms with van der Waals surface area (Å²) in [5.74, 6) is 0.479. The van der Waals surface area contributed by atoms with E-state index in [2.05, 4.69) is 52.5 Å². The standard InChI is InChI=1S/C29H26Cl2N4S/c30-23-15-6-4-11-19(23)26-21-13-8-14-22(27(33-26)20-12-5-7-16-24(20)31)28(21)34-35-29-32-25(17-36-29)18-9-2-1-3-10-18/h1-7,9-12,15-17,21-22,26-27,33H,8,13-14H2,(H,32,35)/t21-,22+,26+,27-. The fourth-order valence-corrected chi connectivity index (χ4v) is 6.81. The van der Waals surface area contributed by atoms with E-state index in [9.17, 15) is 0 Å². The highest BCUT2D eigenvalue weighted by Crippen LogP contribution is 2.48. The summed E-state index contributed by atoms with van der Waals surface area (Å²) in [6.07, 6.45) is 3.26. The lowest BCUT2D eigenvalue weighted by Gasteiger charge is -2.47. The van der Waals surface area contributed by atoms with E-state index in [0.29, 0.717) is 0 Å². The molecular weight excluding hydrogens is 507 g/mol. The van der Waals surface area contributed by atoms with Crippen molar-refractivity contribution in [2.24, 2.45) is 16.9 Å². The molecule has 0 radical (unpaired) electrons. The van der Waals surface area contributed by atoms with Crippen LogP contribution in [0.1, 0.15) is 42.5 Å². The maximum Gasteiger partial charge on any atom is 0.203 e. The second kappa shape index (κ2) is 10.3. The van der Waals surface area contributed by atoms with E-state index >= 15 is 0 Å². The lowest BCUT2D eigenvalue weighted by molar-refractivity contribution is 0.233. The molecule has 1 aliphatic heterocycles. The minimum absolute atomic E-state index is 0.0493. The van der Waals surface area contributed by atoms with Gasteiger partial charge in [0.05, 0.1) is 5.69 Å². The Balaban J connectivity index is 1.37. The van der Waals surface area contributed by atoms with E-state index in [4.69, 9.17) is 33.3 Å². The predicted octanol–water partition coefficient (Wildman–Crippen LogP) is 8.39. The number of nitrogens with one attached hydrogen (secondary N) is 2. The first-order valence-electron chi connectivity index (χ1n) is 12.3. The third-order valence-corrected chi connectivity index (χ3v) is 8.72. The van der Waals surface area contributed by atoms with Crippen molar-refractivity contribution in [1.82, 2.24) is 10.3 Å². The molecule has 1 saturated heterocycles. The van der Waals surface area contributed by atoms with Crippen LogP contribution < -0.4 is 10.7 Å². The molecule has 0 amide bonds. The molecule has 2 bridgehead atoms. The molecule has 7 heteroatoms. The quantitative estimate of drug-likeness (QED) is 0.253. The van der Waals surface area contributed by atoms with E-state index in [0.717, 1.165) is 56.8 Å². The number of thiazole rings is 1. The van der Waals surface area contributed by atoms with Crippen molar-refractivity contribution in [3.05, 3.63) is 105 Å². The molecule has 4 aromatic rings. The Morgan fingerprint density at radius 2 is 1.39 bits per heavy atom. The molecule has 36 heavy (non-hydrogen) atoms. The van der Waals surface area contributed by atoms with Gasteiger partial charge in [-0.3, -0.25) is 5.43 Å². The van der Waals surface area contributed by atoms with Gasteiger partial charge in [0, 0.05) is 50.6 Å². The zero-order valence-electron chi connectivity index (χ0n) is 19.6. The zero-order chi connectivity index (χ0) is 24.5. The van der Waals surface area contributed by atoms with Gasteiger partial charge >= 0.3 is 0 Å². The Bertz CT molecular complexity index is 1330. The average molecular weight is 534 g/mol. The number of hydrazone groups is 1. The van der Waals surface area contributed by atoms with Crippen molar-refractivity contribution in [2.45, 2.75) is 31.3 Å². The Morgan fingerprint density at radius 1 is 0.806 bits per heavy atom. The number of nitrogens with zero attached hydrogens (tertiary/aromatic N) is 2. The molecule has 2 heterocycles. The number of hydrogen-bond acceptors (Lipinski definition) is 5. The number of rotatable bonds is 5. The predicted molar refractivity (Wildman–Crippen MR) is 151 cm³/mol. The van der Waals surface area contributed by atoms with Crippen molar-refractivity contribution in [2.75, 3.05) is 5.43 Å². The van der Waals surface area contributed by atoms with Gasteiger partial charge in [0.1, 0.15) is 0 Å². The van der Waals surface area contributed by atoms with Gasteiger partial charge in [0.2, 0.25) is 5.13 Å². The minimum Gasteiger partial charge on any atom is -0.302 e. The van der Waals surface area contributed by atoms with Gasteiger partial charge in [-0.05, 0) is 36.1 Å². The van der Waals surface area contributed by atoms with Crippen LogP contribution in [-0.2, 0) is 0 Å². The summed E-state index contributed by atoms with van der Waals surface area (Å²) >= 11 is 15.0. The largest absolute Gasteiger partial charge is 0.302 e. The number of halogens is 2. The van der Waals surface area contributed by atoms with E-state index in [1.165, 1.54) is 5.71 Å². The smallest absolute Gasteiger partial charge is 0.203 e. The highest BCUT2D eigenvalue weighted by molar-refractivity contribution is 7.14. The lowest BCUT2D eigenvalue weighted by Crippen LogP contribution is -2.51. The number of benzene rings is 3. The molecule has 0 unspecified atom stereocenters. The third-order valence-electron chi connectivity index (χ3n) is 7.29. The number of hydrogen-bond donors (Lipinski definition) is 2. The maximum absolute atomic E-state index is 6.71. The van der Waals surface area contributed by atoms with Crippen LogP contribution in [0.5, 0.6) is 0 Å². The molecule has 182 valence electrons. The molecule has 1 saturated carbocycles. The zero-order valence-corrected chi connectivity index (χ0v) is 21.9. The number of piperidine rings is 1. The first-order chi connectivity index (χ1) is 17.7. The van der Waals surface area contributed by atoms with Gasteiger partial charge in [-0.15, -0.1) is 11.3 Å². The normalized spacial score (nSPS) is 24.6. The van der Waals surface area contributed by atoms with E-state index in [1.807, 2.05) is 42.5 Å². The Hall–Kier alpha value is -2.70. The Morgan fingerprint density at radius 3 is 2.00 bits per heavy atom. The molecule has 1 aromatic heterocycles. The molecule has 6 rings (SSSR count). The maximum atomic E-state index is 6.71. The molecule has 4 nitrogen and oxygen atoms in total. The van der Waals surface area contributed by atoms with Crippen LogP contribution in [0.3, 0.4) is 0 Å². The van der Waals surface area contributed by atoms with Crippen LogP contribution in [0.4, 0.5) is 5.13 Å².